The third kappa shape index (κ3) is 4.04. The molecule has 0 aliphatic heterocycles. The zero-order valence-electron chi connectivity index (χ0n) is 10.4. The number of anilines is 1. The van der Waals surface area contributed by atoms with Crippen LogP contribution < -0.4 is 10.1 Å². The van der Waals surface area contributed by atoms with Crippen molar-refractivity contribution in [3.63, 3.8) is 0 Å². The van der Waals surface area contributed by atoms with Crippen LogP contribution in [0.15, 0.2) is 34.9 Å². The van der Waals surface area contributed by atoms with Gasteiger partial charge >= 0.3 is 0 Å². The molecule has 0 radical (unpaired) electrons. The topological polar surface area (TPSA) is 47.0 Å². The van der Waals surface area contributed by atoms with Gasteiger partial charge in [0.2, 0.25) is 11.8 Å². The molecule has 0 fully saturated rings. The maximum atomic E-state index is 5.82. The SMILES string of the molecule is CCCNc1ncc(Br)c(Oc2ccccc2I)n1. The van der Waals surface area contributed by atoms with Gasteiger partial charge in [0.05, 0.1) is 14.2 Å². The average molecular weight is 434 g/mol. The summed E-state index contributed by atoms with van der Waals surface area (Å²) in [5.41, 5.74) is 0. The number of benzene rings is 1. The predicted octanol–water partition coefficient (Wildman–Crippen LogP) is 4.46. The predicted molar refractivity (Wildman–Crippen MR) is 87.7 cm³/mol. The lowest BCUT2D eigenvalue weighted by Gasteiger charge is -2.10. The standard InChI is InChI=1S/C13H13BrIN3O/c1-2-7-16-13-17-8-9(14)12(18-13)19-11-6-4-3-5-10(11)15/h3-6,8H,2,7H2,1H3,(H,16,17,18). The lowest BCUT2D eigenvalue weighted by Crippen LogP contribution is -2.05. The normalized spacial score (nSPS) is 10.3. The van der Waals surface area contributed by atoms with Crippen molar-refractivity contribution in [2.75, 3.05) is 11.9 Å². The van der Waals surface area contributed by atoms with Crippen LogP contribution in [-0.2, 0) is 0 Å². The van der Waals surface area contributed by atoms with Crippen LogP contribution in [0.1, 0.15) is 13.3 Å². The van der Waals surface area contributed by atoms with Gasteiger partial charge in [-0.25, -0.2) is 4.98 Å². The third-order valence-corrected chi connectivity index (χ3v) is 3.72. The molecule has 1 heterocycles. The van der Waals surface area contributed by atoms with Gasteiger partial charge in [-0.2, -0.15) is 4.98 Å². The molecule has 19 heavy (non-hydrogen) atoms. The minimum absolute atomic E-state index is 0.512. The maximum Gasteiger partial charge on any atom is 0.238 e. The van der Waals surface area contributed by atoms with Crippen molar-refractivity contribution in [1.82, 2.24) is 9.97 Å². The summed E-state index contributed by atoms with van der Waals surface area (Å²) in [6.07, 6.45) is 2.71. The van der Waals surface area contributed by atoms with Crippen LogP contribution in [-0.4, -0.2) is 16.5 Å². The van der Waals surface area contributed by atoms with E-state index < -0.39 is 0 Å². The summed E-state index contributed by atoms with van der Waals surface area (Å²) in [6.45, 7) is 2.93. The number of halogens is 2. The second-order valence-corrected chi connectivity index (χ2v) is 5.82. The second kappa shape index (κ2) is 7.04. The Bertz CT molecular complexity index is 565. The third-order valence-electron chi connectivity index (χ3n) is 2.29. The summed E-state index contributed by atoms with van der Waals surface area (Å²) >= 11 is 5.63. The lowest BCUT2D eigenvalue weighted by molar-refractivity contribution is 0.456. The van der Waals surface area contributed by atoms with E-state index in [0.717, 1.165) is 26.8 Å². The Morgan fingerprint density at radius 3 is 2.89 bits per heavy atom. The average Bonchev–Trinajstić information content (AvgIpc) is 2.42. The van der Waals surface area contributed by atoms with Crippen molar-refractivity contribution in [3.05, 3.63) is 38.5 Å². The van der Waals surface area contributed by atoms with E-state index >= 15 is 0 Å². The molecule has 2 aromatic rings. The summed E-state index contributed by atoms with van der Waals surface area (Å²) in [5.74, 6) is 1.87. The fraction of sp³-hybridized carbons (Fsp3) is 0.231. The molecule has 0 amide bonds. The largest absolute Gasteiger partial charge is 0.437 e. The molecule has 2 rings (SSSR count). The smallest absolute Gasteiger partial charge is 0.238 e. The highest BCUT2D eigenvalue weighted by molar-refractivity contribution is 14.1. The molecule has 1 N–H and O–H groups in total. The number of nitrogens with zero attached hydrogens (tertiary/aromatic N) is 2. The van der Waals surface area contributed by atoms with E-state index in [4.69, 9.17) is 4.74 Å². The Morgan fingerprint density at radius 1 is 1.37 bits per heavy atom. The molecular formula is C13H13BrIN3O. The zero-order chi connectivity index (χ0) is 13.7. The van der Waals surface area contributed by atoms with Crippen molar-refractivity contribution in [2.45, 2.75) is 13.3 Å². The maximum absolute atomic E-state index is 5.82. The van der Waals surface area contributed by atoms with Crippen LogP contribution in [0.3, 0.4) is 0 Å². The van der Waals surface area contributed by atoms with Crippen LogP contribution in [0.25, 0.3) is 0 Å². The second-order valence-electron chi connectivity index (χ2n) is 3.81. The number of hydrogen-bond donors (Lipinski definition) is 1. The molecule has 0 unspecified atom stereocenters. The van der Waals surface area contributed by atoms with E-state index in [2.05, 4.69) is 60.7 Å². The van der Waals surface area contributed by atoms with Crippen molar-refractivity contribution >= 4 is 44.5 Å². The van der Waals surface area contributed by atoms with Gasteiger partial charge in [-0.15, -0.1) is 0 Å². The van der Waals surface area contributed by atoms with Crippen LogP contribution in [0.2, 0.25) is 0 Å². The van der Waals surface area contributed by atoms with Crippen LogP contribution in [0, 0.1) is 3.57 Å². The van der Waals surface area contributed by atoms with Crippen molar-refractivity contribution in [3.8, 4) is 11.6 Å². The molecule has 1 aromatic heterocycles. The fourth-order valence-electron chi connectivity index (χ4n) is 1.38. The lowest BCUT2D eigenvalue weighted by atomic mass is 10.3. The highest BCUT2D eigenvalue weighted by Gasteiger charge is 2.09. The Kier molecular flexibility index (Phi) is 5.38. The van der Waals surface area contributed by atoms with Crippen LogP contribution in [0.5, 0.6) is 11.6 Å². The van der Waals surface area contributed by atoms with Gasteiger partial charge in [-0.05, 0) is 57.1 Å². The summed E-state index contributed by atoms with van der Waals surface area (Å²) in [4.78, 5) is 8.54. The molecule has 0 saturated carbocycles. The molecule has 0 aliphatic carbocycles. The van der Waals surface area contributed by atoms with Crippen LogP contribution in [0.4, 0.5) is 5.95 Å². The van der Waals surface area contributed by atoms with Gasteiger partial charge in [0.1, 0.15) is 5.75 Å². The van der Waals surface area contributed by atoms with E-state index in [1.54, 1.807) is 6.20 Å². The molecule has 0 atom stereocenters. The molecule has 1 aromatic carbocycles. The highest BCUT2D eigenvalue weighted by atomic mass is 127. The minimum atomic E-state index is 0.512. The molecule has 0 bridgehead atoms. The van der Waals surface area contributed by atoms with Crippen LogP contribution >= 0.6 is 38.5 Å². The zero-order valence-corrected chi connectivity index (χ0v) is 14.1. The van der Waals surface area contributed by atoms with Crippen molar-refractivity contribution < 1.29 is 4.74 Å². The minimum Gasteiger partial charge on any atom is -0.437 e. The van der Waals surface area contributed by atoms with E-state index in [-0.39, 0.29) is 0 Å². The van der Waals surface area contributed by atoms with Gasteiger partial charge in [0.25, 0.3) is 0 Å². The Labute approximate surface area is 134 Å². The number of para-hydroxylation sites is 1. The highest BCUT2D eigenvalue weighted by Crippen LogP contribution is 2.30. The summed E-state index contributed by atoms with van der Waals surface area (Å²) in [7, 11) is 0. The van der Waals surface area contributed by atoms with E-state index in [9.17, 15) is 0 Å². The van der Waals surface area contributed by atoms with Gasteiger partial charge in [0, 0.05) is 6.54 Å². The van der Waals surface area contributed by atoms with Crippen molar-refractivity contribution in [1.29, 1.82) is 0 Å². The molecule has 0 saturated heterocycles. The quantitative estimate of drug-likeness (QED) is 0.707. The van der Waals surface area contributed by atoms with Gasteiger partial charge < -0.3 is 10.1 Å². The van der Waals surface area contributed by atoms with Gasteiger partial charge in [0.15, 0.2) is 0 Å². The summed E-state index contributed by atoms with van der Waals surface area (Å²) < 4.78 is 7.58. The first-order valence-electron chi connectivity index (χ1n) is 5.89. The Morgan fingerprint density at radius 2 is 2.16 bits per heavy atom. The Balaban J connectivity index is 2.21. The molecule has 0 aliphatic rings. The van der Waals surface area contributed by atoms with E-state index in [1.165, 1.54) is 0 Å². The monoisotopic (exact) mass is 433 g/mol. The first-order chi connectivity index (χ1) is 9.20. The fourth-order valence-corrected chi connectivity index (χ4v) is 2.15. The molecule has 4 nitrogen and oxygen atoms in total. The Hall–Kier alpha value is -0.890. The first kappa shape index (κ1) is 14.5. The van der Waals surface area contributed by atoms with Crippen molar-refractivity contribution in [2.24, 2.45) is 0 Å². The van der Waals surface area contributed by atoms with Gasteiger partial charge in [-0.1, -0.05) is 19.1 Å². The molecule has 100 valence electrons. The molecule has 0 spiro atoms. The number of rotatable bonds is 5. The summed E-state index contributed by atoms with van der Waals surface area (Å²) in [6, 6.07) is 7.80. The number of ether oxygens (including phenoxy) is 1. The summed E-state index contributed by atoms with van der Waals surface area (Å²) in [5, 5.41) is 3.14. The number of nitrogens with one attached hydrogen (secondary N) is 1. The molecule has 6 heteroatoms. The van der Waals surface area contributed by atoms with Gasteiger partial charge in [-0.3, -0.25) is 0 Å². The molecular weight excluding hydrogens is 421 g/mol. The van der Waals surface area contributed by atoms with E-state index in [1.807, 2.05) is 24.3 Å². The van der Waals surface area contributed by atoms with E-state index in [0.29, 0.717) is 11.8 Å². The number of hydrogen-bond acceptors (Lipinski definition) is 4. The first-order valence-corrected chi connectivity index (χ1v) is 7.76. The number of aromatic nitrogens is 2.